The first-order chi connectivity index (χ1) is 15.8. The van der Waals surface area contributed by atoms with E-state index in [0.717, 1.165) is 41.2 Å². The predicted molar refractivity (Wildman–Crippen MR) is 123 cm³/mol. The van der Waals surface area contributed by atoms with Crippen molar-refractivity contribution >= 4 is 35.0 Å². The maximum atomic E-state index is 13.0. The summed E-state index contributed by atoms with van der Waals surface area (Å²) in [5, 5.41) is 11.4. The Kier molecular flexibility index (Phi) is 6.71. The van der Waals surface area contributed by atoms with Crippen LogP contribution in [0.15, 0.2) is 84.0 Å². The molecule has 0 unspecified atom stereocenters. The van der Waals surface area contributed by atoms with Crippen LogP contribution in [-0.2, 0) is 11.0 Å². The fraction of sp³-hybridized carbons (Fsp3) is 0.0870. The lowest BCUT2D eigenvalue weighted by Gasteiger charge is -2.12. The van der Waals surface area contributed by atoms with Crippen LogP contribution in [0.25, 0.3) is 17.1 Å². The first-order valence-corrected chi connectivity index (χ1v) is 11.0. The zero-order valence-electron chi connectivity index (χ0n) is 16.9. The van der Waals surface area contributed by atoms with E-state index >= 15 is 0 Å². The average molecular weight is 489 g/mol. The number of halogens is 4. The first-order valence-electron chi connectivity index (χ1n) is 9.68. The molecule has 4 aromatic rings. The largest absolute Gasteiger partial charge is 0.416 e. The first kappa shape index (κ1) is 22.9. The molecule has 0 saturated carbocycles. The van der Waals surface area contributed by atoms with Gasteiger partial charge >= 0.3 is 6.18 Å². The number of benzene rings is 3. The van der Waals surface area contributed by atoms with Gasteiger partial charge in [0.2, 0.25) is 5.91 Å². The summed E-state index contributed by atoms with van der Waals surface area (Å²) in [6.07, 6.45) is -4.54. The van der Waals surface area contributed by atoms with Gasteiger partial charge in [0.15, 0.2) is 11.0 Å². The van der Waals surface area contributed by atoms with E-state index in [0.29, 0.717) is 11.0 Å². The molecule has 0 radical (unpaired) electrons. The number of hydrogen-bond donors (Lipinski definition) is 1. The molecule has 0 spiro atoms. The molecule has 168 valence electrons. The summed E-state index contributed by atoms with van der Waals surface area (Å²) in [6.45, 7) is 0. The van der Waals surface area contributed by atoms with Crippen molar-refractivity contribution in [2.24, 2.45) is 0 Å². The average Bonchev–Trinajstić information content (AvgIpc) is 3.23. The van der Waals surface area contributed by atoms with Gasteiger partial charge in [-0.3, -0.25) is 9.36 Å². The minimum Gasteiger partial charge on any atom is -0.324 e. The molecule has 0 aliphatic rings. The number of amides is 1. The van der Waals surface area contributed by atoms with E-state index in [1.165, 1.54) is 0 Å². The van der Waals surface area contributed by atoms with Crippen molar-refractivity contribution in [1.29, 1.82) is 0 Å². The molecule has 0 atom stereocenters. The monoisotopic (exact) mass is 488 g/mol. The van der Waals surface area contributed by atoms with Crippen LogP contribution in [0.3, 0.4) is 0 Å². The topological polar surface area (TPSA) is 59.8 Å². The van der Waals surface area contributed by atoms with Crippen molar-refractivity contribution in [2.45, 2.75) is 11.3 Å². The van der Waals surface area contributed by atoms with Crippen LogP contribution in [0, 0.1) is 0 Å². The second kappa shape index (κ2) is 9.68. The molecule has 1 N–H and O–H groups in total. The number of carbonyl (C=O) groups excluding carboxylic acids is 1. The van der Waals surface area contributed by atoms with Crippen molar-refractivity contribution in [1.82, 2.24) is 14.8 Å². The summed E-state index contributed by atoms with van der Waals surface area (Å²) in [5.41, 5.74) is 0.656. The summed E-state index contributed by atoms with van der Waals surface area (Å²) in [7, 11) is 0. The second-order valence-electron chi connectivity index (χ2n) is 6.87. The minimum atomic E-state index is -4.54. The summed E-state index contributed by atoms with van der Waals surface area (Å²) in [4.78, 5) is 12.5. The molecule has 0 saturated heterocycles. The van der Waals surface area contributed by atoms with Crippen LogP contribution in [0.2, 0.25) is 5.02 Å². The van der Waals surface area contributed by atoms with Crippen LogP contribution in [0.1, 0.15) is 5.56 Å². The zero-order valence-corrected chi connectivity index (χ0v) is 18.5. The molecule has 33 heavy (non-hydrogen) atoms. The van der Waals surface area contributed by atoms with Gasteiger partial charge in [-0.05, 0) is 30.3 Å². The van der Waals surface area contributed by atoms with Crippen LogP contribution >= 0.6 is 23.4 Å². The third kappa shape index (κ3) is 5.37. The molecule has 0 bridgehead atoms. The highest BCUT2D eigenvalue weighted by atomic mass is 35.5. The molecular weight excluding hydrogens is 473 g/mol. The van der Waals surface area contributed by atoms with Gasteiger partial charge in [-0.15, -0.1) is 10.2 Å². The Morgan fingerprint density at radius 3 is 2.30 bits per heavy atom. The molecule has 0 aliphatic heterocycles. The number of anilines is 1. The Morgan fingerprint density at radius 2 is 1.64 bits per heavy atom. The lowest BCUT2D eigenvalue weighted by Crippen LogP contribution is -2.16. The quantitative estimate of drug-likeness (QED) is 0.322. The Hall–Kier alpha value is -3.30. The predicted octanol–water partition coefficient (Wildman–Crippen LogP) is 6.34. The smallest absolute Gasteiger partial charge is 0.324 e. The van der Waals surface area contributed by atoms with E-state index in [1.54, 1.807) is 0 Å². The maximum absolute atomic E-state index is 13.0. The summed E-state index contributed by atoms with van der Waals surface area (Å²) >= 11 is 7.08. The fourth-order valence-electron chi connectivity index (χ4n) is 3.06. The molecule has 0 fully saturated rings. The maximum Gasteiger partial charge on any atom is 0.416 e. The van der Waals surface area contributed by atoms with Gasteiger partial charge in [-0.1, -0.05) is 71.9 Å². The summed E-state index contributed by atoms with van der Waals surface area (Å²) < 4.78 is 40.8. The van der Waals surface area contributed by atoms with E-state index in [1.807, 2.05) is 65.2 Å². The normalized spacial score (nSPS) is 11.4. The number of thioether (sulfide) groups is 1. The van der Waals surface area contributed by atoms with Crippen LogP contribution in [0.4, 0.5) is 18.9 Å². The third-order valence-electron chi connectivity index (χ3n) is 4.58. The zero-order chi connectivity index (χ0) is 23.4. The van der Waals surface area contributed by atoms with Crippen molar-refractivity contribution in [3.05, 3.63) is 89.4 Å². The number of rotatable bonds is 6. The van der Waals surface area contributed by atoms with Crippen LogP contribution < -0.4 is 5.32 Å². The van der Waals surface area contributed by atoms with Gasteiger partial charge in [0, 0.05) is 11.3 Å². The number of para-hydroxylation sites is 1. The van der Waals surface area contributed by atoms with E-state index in [-0.39, 0.29) is 16.5 Å². The summed E-state index contributed by atoms with van der Waals surface area (Å²) in [5.74, 6) is -0.0255. The van der Waals surface area contributed by atoms with Crippen molar-refractivity contribution in [3.63, 3.8) is 0 Å². The minimum absolute atomic E-state index is 0.0140. The molecule has 1 heterocycles. The third-order valence-corrected chi connectivity index (χ3v) is 5.84. The highest BCUT2D eigenvalue weighted by Gasteiger charge is 2.31. The van der Waals surface area contributed by atoms with Crippen molar-refractivity contribution in [3.8, 4) is 17.1 Å². The molecule has 3 aromatic carbocycles. The highest BCUT2D eigenvalue weighted by molar-refractivity contribution is 7.99. The number of alkyl halides is 3. The molecule has 4 rings (SSSR count). The Morgan fingerprint density at radius 1 is 0.970 bits per heavy atom. The van der Waals surface area contributed by atoms with E-state index in [4.69, 9.17) is 11.6 Å². The van der Waals surface area contributed by atoms with Crippen molar-refractivity contribution < 1.29 is 18.0 Å². The van der Waals surface area contributed by atoms with Gasteiger partial charge in [-0.2, -0.15) is 13.2 Å². The van der Waals surface area contributed by atoms with E-state index < -0.39 is 17.6 Å². The van der Waals surface area contributed by atoms with Gasteiger partial charge in [0.05, 0.1) is 22.0 Å². The molecule has 5 nitrogen and oxygen atoms in total. The SMILES string of the molecule is O=C(CSc1nnc(-c2ccccc2)n1-c1ccccc1)Nc1cc(C(F)(F)F)ccc1Cl. The van der Waals surface area contributed by atoms with Crippen molar-refractivity contribution in [2.75, 3.05) is 11.1 Å². The van der Waals surface area contributed by atoms with E-state index in [9.17, 15) is 18.0 Å². The number of nitrogens with one attached hydrogen (secondary N) is 1. The summed E-state index contributed by atoms with van der Waals surface area (Å²) in [6, 6.07) is 21.7. The molecule has 0 aliphatic carbocycles. The Bertz CT molecular complexity index is 1260. The molecule has 1 aromatic heterocycles. The molecule has 1 amide bonds. The van der Waals surface area contributed by atoms with Crippen LogP contribution in [-0.4, -0.2) is 26.4 Å². The highest BCUT2D eigenvalue weighted by Crippen LogP contribution is 2.34. The van der Waals surface area contributed by atoms with Gasteiger partial charge in [0.1, 0.15) is 0 Å². The number of nitrogens with zero attached hydrogens (tertiary/aromatic N) is 3. The Labute approximate surface area is 196 Å². The fourth-order valence-corrected chi connectivity index (χ4v) is 3.98. The van der Waals surface area contributed by atoms with Gasteiger partial charge in [-0.25, -0.2) is 0 Å². The molecule has 10 heteroatoms. The van der Waals surface area contributed by atoms with E-state index in [2.05, 4.69) is 15.5 Å². The van der Waals surface area contributed by atoms with Crippen LogP contribution in [0.5, 0.6) is 0 Å². The standard InChI is InChI=1S/C23H16ClF3N4OS/c24-18-12-11-16(23(25,26)27)13-19(18)28-20(32)14-33-22-30-29-21(15-7-3-1-4-8-15)31(22)17-9-5-2-6-10-17/h1-13H,14H2,(H,28,32). The number of aromatic nitrogens is 3. The number of carbonyl (C=O) groups is 1. The Balaban J connectivity index is 1.56. The van der Waals surface area contributed by atoms with Gasteiger partial charge in [0.25, 0.3) is 0 Å². The number of hydrogen-bond acceptors (Lipinski definition) is 4. The lowest BCUT2D eigenvalue weighted by molar-refractivity contribution is -0.137. The second-order valence-corrected chi connectivity index (χ2v) is 8.22. The van der Waals surface area contributed by atoms with Gasteiger partial charge < -0.3 is 5.32 Å². The lowest BCUT2D eigenvalue weighted by atomic mass is 10.2. The molecular formula is C23H16ClF3N4OS.